The SMILES string of the molecule is COc1ccc([C@](C)(B2OC(C)(C)C(C)(C)O2)C(C)C)cc1. The fourth-order valence-corrected chi connectivity index (χ4v) is 2.78. The molecule has 1 saturated heterocycles. The van der Waals surface area contributed by atoms with E-state index in [0.717, 1.165) is 5.75 Å². The lowest BCUT2D eigenvalue weighted by Gasteiger charge is -2.36. The molecule has 0 aliphatic carbocycles. The first-order valence-electron chi connectivity index (χ1n) is 8.05. The monoisotopic (exact) mass is 304 g/mol. The molecule has 0 amide bonds. The first kappa shape index (κ1) is 17.4. The molecule has 2 rings (SSSR count). The van der Waals surface area contributed by atoms with Gasteiger partial charge in [-0.1, -0.05) is 32.9 Å². The predicted octanol–water partition coefficient (Wildman–Crippen LogP) is 4.24. The van der Waals surface area contributed by atoms with E-state index in [4.69, 9.17) is 14.0 Å². The van der Waals surface area contributed by atoms with Gasteiger partial charge in [0.25, 0.3) is 0 Å². The zero-order valence-electron chi connectivity index (χ0n) is 15.2. The number of rotatable bonds is 4. The number of hydrogen-bond donors (Lipinski definition) is 0. The highest BCUT2D eigenvalue weighted by atomic mass is 16.7. The summed E-state index contributed by atoms with van der Waals surface area (Å²) in [5, 5.41) is -0.225. The average Bonchev–Trinajstić information content (AvgIpc) is 2.66. The molecule has 1 fully saturated rings. The molecule has 1 aliphatic heterocycles. The molecule has 1 aromatic rings. The van der Waals surface area contributed by atoms with Crippen molar-refractivity contribution < 1.29 is 14.0 Å². The molecule has 1 heterocycles. The summed E-state index contributed by atoms with van der Waals surface area (Å²) in [6.45, 7) is 15.1. The van der Waals surface area contributed by atoms with Gasteiger partial charge < -0.3 is 14.0 Å². The maximum Gasteiger partial charge on any atom is 0.469 e. The van der Waals surface area contributed by atoms with Crippen LogP contribution >= 0.6 is 0 Å². The van der Waals surface area contributed by atoms with Gasteiger partial charge in [-0.05, 0) is 51.3 Å². The number of methoxy groups -OCH3 is 1. The Morgan fingerprint density at radius 2 is 1.45 bits per heavy atom. The van der Waals surface area contributed by atoms with E-state index >= 15 is 0 Å². The summed E-state index contributed by atoms with van der Waals surface area (Å²) in [4.78, 5) is 0. The fraction of sp³-hybridized carbons (Fsp3) is 0.667. The van der Waals surface area contributed by atoms with Crippen LogP contribution in [0.4, 0.5) is 0 Å². The molecule has 0 unspecified atom stereocenters. The summed E-state index contributed by atoms with van der Waals surface area (Å²) in [5.41, 5.74) is 0.572. The molecule has 0 bridgehead atoms. The molecular weight excluding hydrogens is 275 g/mol. The Bertz CT molecular complexity index is 506. The van der Waals surface area contributed by atoms with Crippen LogP contribution in [0.2, 0.25) is 0 Å². The Morgan fingerprint density at radius 3 is 1.82 bits per heavy atom. The Labute approximate surface area is 135 Å². The van der Waals surface area contributed by atoms with Gasteiger partial charge in [0.15, 0.2) is 0 Å². The third kappa shape index (κ3) is 2.67. The normalized spacial score (nSPS) is 22.7. The fourth-order valence-electron chi connectivity index (χ4n) is 2.78. The summed E-state index contributed by atoms with van der Waals surface area (Å²) >= 11 is 0. The van der Waals surface area contributed by atoms with Crippen molar-refractivity contribution >= 4 is 7.12 Å². The highest BCUT2D eigenvalue weighted by Crippen LogP contribution is 2.46. The quantitative estimate of drug-likeness (QED) is 0.779. The van der Waals surface area contributed by atoms with Gasteiger partial charge in [0.2, 0.25) is 0 Å². The van der Waals surface area contributed by atoms with Crippen LogP contribution in [-0.4, -0.2) is 25.4 Å². The molecular formula is C18H29BO3. The van der Waals surface area contributed by atoms with E-state index in [0.29, 0.717) is 5.92 Å². The van der Waals surface area contributed by atoms with Crippen molar-refractivity contribution in [1.29, 1.82) is 0 Å². The third-order valence-corrected chi connectivity index (χ3v) is 5.65. The van der Waals surface area contributed by atoms with Crippen molar-refractivity contribution in [2.75, 3.05) is 7.11 Å². The average molecular weight is 304 g/mol. The molecule has 0 radical (unpaired) electrons. The predicted molar refractivity (Wildman–Crippen MR) is 91.3 cm³/mol. The second-order valence-corrected chi connectivity index (χ2v) is 7.75. The maximum absolute atomic E-state index is 6.35. The van der Waals surface area contributed by atoms with Crippen molar-refractivity contribution in [2.24, 2.45) is 5.92 Å². The lowest BCUT2D eigenvalue weighted by molar-refractivity contribution is 0.00578. The van der Waals surface area contributed by atoms with Crippen LogP contribution in [0, 0.1) is 5.92 Å². The largest absolute Gasteiger partial charge is 0.497 e. The Morgan fingerprint density at radius 1 is 1.00 bits per heavy atom. The van der Waals surface area contributed by atoms with Crippen molar-refractivity contribution in [1.82, 2.24) is 0 Å². The smallest absolute Gasteiger partial charge is 0.469 e. The highest BCUT2D eigenvalue weighted by molar-refractivity contribution is 6.49. The topological polar surface area (TPSA) is 27.7 Å². The van der Waals surface area contributed by atoms with Crippen LogP contribution < -0.4 is 4.74 Å². The lowest BCUT2D eigenvalue weighted by Crippen LogP contribution is -2.47. The summed E-state index contributed by atoms with van der Waals surface area (Å²) in [6, 6.07) is 8.23. The van der Waals surface area contributed by atoms with E-state index in [1.165, 1.54) is 5.56 Å². The van der Waals surface area contributed by atoms with Crippen molar-refractivity contribution in [3.8, 4) is 5.75 Å². The van der Waals surface area contributed by atoms with E-state index in [1.807, 2.05) is 12.1 Å². The highest BCUT2D eigenvalue weighted by Gasteiger charge is 2.59. The van der Waals surface area contributed by atoms with E-state index in [1.54, 1.807) is 7.11 Å². The van der Waals surface area contributed by atoms with E-state index in [2.05, 4.69) is 60.6 Å². The summed E-state index contributed by atoms with van der Waals surface area (Å²) < 4.78 is 18.0. The van der Waals surface area contributed by atoms with Crippen molar-refractivity contribution in [2.45, 2.75) is 65.0 Å². The van der Waals surface area contributed by atoms with Crippen LogP contribution in [0.1, 0.15) is 54.0 Å². The maximum atomic E-state index is 6.35. The molecule has 122 valence electrons. The second-order valence-electron chi connectivity index (χ2n) is 7.75. The van der Waals surface area contributed by atoms with E-state index < -0.39 is 0 Å². The van der Waals surface area contributed by atoms with Crippen LogP contribution in [0.5, 0.6) is 5.75 Å². The van der Waals surface area contributed by atoms with Crippen LogP contribution in [0.25, 0.3) is 0 Å². The number of benzene rings is 1. The van der Waals surface area contributed by atoms with Crippen molar-refractivity contribution in [3.05, 3.63) is 29.8 Å². The minimum Gasteiger partial charge on any atom is -0.497 e. The van der Waals surface area contributed by atoms with Gasteiger partial charge in [-0.15, -0.1) is 0 Å². The molecule has 1 aliphatic rings. The number of hydrogen-bond acceptors (Lipinski definition) is 3. The second kappa shape index (κ2) is 5.57. The summed E-state index contributed by atoms with van der Waals surface area (Å²) in [6.07, 6.45) is 0. The van der Waals surface area contributed by atoms with Gasteiger partial charge in [0.05, 0.1) is 18.3 Å². The molecule has 1 atom stereocenters. The Balaban J connectivity index is 2.41. The minimum atomic E-state index is -0.319. The molecule has 0 N–H and O–H groups in total. The zero-order chi connectivity index (χ0) is 16.8. The first-order chi connectivity index (χ1) is 10.0. The van der Waals surface area contributed by atoms with E-state index in [9.17, 15) is 0 Å². The Hall–Kier alpha value is -0.995. The molecule has 0 spiro atoms. The van der Waals surface area contributed by atoms with Gasteiger partial charge in [-0.25, -0.2) is 0 Å². The molecule has 0 aromatic heterocycles. The van der Waals surface area contributed by atoms with Gasteiger partial charge in [-0.3, -0.25) is 0 Å². The van der Waals surface area contributed by atoms with Gasteiger partial charge in [0.1, 0.15) is 5.75 Å². The standard InChI is InChI=1S/C18H29BO3/c1-13(2)18(7,14-9-11-15(20-8)12-10-14)19-21-16(3,4)17(5,6)22-19/h9-13H,1-8H3/t18-/m1/s1. The van der Waals surface area contributed by atoms with Crippen LogP contribution in [-0.2, 0) is 14.6 Å². The molecule has 1 aromatic carbocycles. The van der Waals surface area contributed by atoms with Crippen LogP contribution in [0.3, 0.4) is 0 Å². The van der Waals surface area contributed by atoms with Crippen molar-refractivity contribution in [3.63, 3.8) is 0 Å². The van der Waals surface area contributed by atoms with E-state index in [-0.39, 0.29) is 23.6 Å². The Kier molecular flexibility index (Phi) is 4.40. The van der Waals surface area contributed by atoms with Gasteiger partial charge in [0, 0.05) is 5.31 Å². The summed E-state index contributed by atoms with van der Waals surface area (Å²) in [7, 11) is 1.41. The van der Waals surface area contributed by atoms with Gasteiger partial charge in [-0.2, -0.15) is 0 Å². The molecule has 3 nitrogen and oxygen atoms in total. The third-order valence-electron chi connectivity index (χ3n) is 5.65. The van der Waals surface area contributed by atoms with Crippen LogP contribution in [0.15, 0.2) is 24.3 Å². The molecule has 22 heavy (non-hydrogen) atoms. The lowest BCUT2D eigenvalue weighted by atomic mass is 9.50. The minimum absolute atomic E-state index is 0.225. The summed E-state index contributed by atoms with van der Waals surface area (Å²) in [5.74, 6) is 1.24. The molecule has 0 saturated carbocycles. The number of ether oxygens (including phenoxy) is 1. The molecule has 4 heteroatoms. The first-order valence-corrected chi connectivity index (χ1v) is 8.05. The van der Waals surface area contributed by atoms with Gasteiger partial charge >= 0.3 is 7.12 Å². The zero-order valence-corrected chi connectivity index (χ0v) is 15.2.